The Morgan fingerprint density at radius 3 is 1.50 bits per heavy atom. The Balaban J connectivity index is 6.61. The van der Waals surface area contributed by atoms with Crippen LogP contribution in [0.15, 0.2) is 11.0 Å². The number of hydrogen-bond acceptors (Lipinski definition) is 4. The molecule has 0 aromatic carbocycles. The third kappa shape index (κ3) is 5.59. The van der Waals surface area contributed by atoms with Gasteiger partial charge in [-0.05, 0) is 6.08 Å². The molecule has 212 valence electrons. The molecule has 21 heteroatoms. The number of carbonyl (C=O) groups excluding carboxylic acids is 1. The van der Waals surface area contributed by atoms with E-state index in [0.29, 0.717) is 6.92 Å². The highest BCUT2D eigenvalue weighted by molar-refractivity contribution is 8.03. The normalized spacial score (nSPS) is 16.1. The summed E-state index contributed by atoms with van der Waals surface area (Å²) in [4.78, 5) is 19.2. The highest BCUT2D eigenvalue weighted by Crippen LogP contribution is 2.63. The third-order valence-electron chi connectivity index (χ3n) is 3.99. The SMILES string of the molecule is CC(=O)N[C@@H](CS/C(=C/CO)C(F)(F)C(F)(F)C(F)(F)C(F)(F)C(F)(F)C(F)(F)C(F)(F)F)C(=O)O. The number of hydrogen-bond donors (Lipinski definition) is 3. The van der Waals surface area contributed by atoms with Crippen LogP contribution in [0.2, 0.25) is 0 Å². The van der Waals surface area contributed by atoms with Gasteiger partial charge in [-0.1, -0.05) is 0 Å². The molecule has 3 N–H and O–H groups in total. The summed E-state index contributed by atoms with van der Waals surface area (Å²) < 4.78 is 200. The van der Waals surface area contributed by atoms with E-state index in [4.69, 9.17) is 10.2 Å². The van der Waals surface area contributed by atoms with E-state index in [1.807, 2.05) is 0 Å². The van der Waals surface area contributed by atoms with E-state index in [0.717, 1.165) is 0 Å². The Morgan fingerprint density at radius 1 is 0.778 bits per heavy atom. The smallest absolute Gasteiger partial charge is 0.460 e. The number of allylic oxidation sites excluding steroid dienone is 1. The van der Waals surface area contributed by atoms with Crippen molar-refractivity contribution in [3.8, 4) is 0 Å². The third-order valence-corrected chi connectivity index (χ3v) is 5.23. The van der Waals surface area contributed by atoms with Crippen LogP contribution in [-0.4, -0.2) is 82.2 Å². The number of aliphatic hydroxyl groups excluding tert-OH is 1. The summed E-state index contributed by atoms with van der Waals surface area (Å²) in [5.41, 5.74) is 0. The molecule has 1 atom stereocenters. The van der Waals surface area contributed by atoms with E-state index in [-0.39, 0.29) is 0 Å². The summed E-state index contributed by atoms with van der Waals surface area (Å²) in [6, 6.07) is -2.25. The van der Waals surface area contributed by atoms with Crippen molar-refractivity contribution in [2.75, 3.05) is 12.4 Å². The molecule has 0 aliphatic heterocycles. The van der Waals surface area contributed by atoms with Gasteiger partial charge in [0, 0.05) is 12.7 Å². The van der Waals surface area contributed by atoms with E-state index in [2.05, 4.69) is 0 Å². The van der Waals surface area contributed by atoms with E-state index in [9.17, 15) is 75.4 Å². The van der Waals surface area contributed by atoms with Crippen molar-refractivity contribution in [3.63, 3.8) is 0 Å². The number of aliphatic hydroxyl groups is 1. The molecule has 0 aliphatic carbocycles. The van der Waals surface area contributed by atoms with Crippen LogP contribution < -0.4 is 5.32 Å². The number of alkyl halides is 15. The molecular formula is C15H12F15NO4S. The molecule has 0 bridgehead atoms. The van der Waals surface area contributed by atoms with Crippen molar-refractivity contribution in [1.82, 2.24) is 5.32 Å². The monoisotopic (exact) mass is 587 g/mol. The van der Waals surface area contributed by atoms with E-state index in [1.54, 1.807) is 0 Å². The fourth-order valence-corrected chi connectivity index (χ4v) is 3.15. The molecule has 0 saturated carbocycles. The number of carbonyl (C=O) groups is 2. The number of carboxylic acid groups (broad SMARTS) is 1. The Hall–Kier alpha value is -2.06. The number of nitrogens with one attached hydrogen (secondary N) is 1. The first kappa shape index (κ1) is 33.9. The number of aliphatic carboxylic acids is 1. The zero-order valence-corrected chi connectivity index (χ0v) is 17.7. The molecule has 5 nitrogen and oxygen atoms in total. The Kier molecular flexibility index (Phi) is 9.77. The van der Waals surface area contributed by atoms with Crippen LogP contribution in [0.25, 0.3) is 0 Å². The molecule has 1 amide bonds. The Morgan fingerprint density at radius 2 is 1.17 bits per heavy atom. The van der Waals surface area contributed by atoms with Crippen molar-refractivity contribution in [2.45, 2.75) is 54.7 Å². The lowest BCUT2D eigenvalue weighted by Gasteiger charge is -2.41. The molecular weight excluding hydrogens is 575 g/mol. The molecule has 0 aromatic rings. The van der Waals surface area contributed by atoms with Crippen LogP contribution in [0.3, 0.4) is 0 Å². The highest BCUT2D eigenvalue weighted by atomic mass is 32.2. The van der Waals surface area contributed by atoms with Gasteiger partial charge in [-0.2, -0.15) is 65.9 Å². The van der Waals surface area contributed by atoms with Crippen LogP contribution in [0, 0.1) is 0 Å². The lowest BCUT2D eigenvalue weighted by Crippen LogP contribution is -2.72. The molecule has 0 fully saturated rings. The molecule has 0 saturated heterocycles. The maximum Gasteiger partial charge on any atom is 0.460 e. The van der Waals surface area contributed by atoms with Gasteiger partial charge >= 0.3 is 47.7 Å². The number of halogens is 15. The largest absolute Gasteiger partial charge is 0.480 e. The fourth-order valence-electron chi connectivity index (χ4n) is 2.08. The van der Waals surface area contributed by atoms with Gasteiger partial charge in [0.15, 0.2) is 0 Å². The van der Waals surface area contributed by atoms with Gasteiger partial charge in [0.05, 0.1) is 11.5 Å². The Labute approximate surface area is 193 Å². The van der Waals surface area contributed by atoms with Crippen LogP contribution in [0.1, 0.15) is 6.92 Å². The van der Waals surface area contributed by atoms with Crippen LogP contribution >= 0.6 is 11.8 Å². The van der Waals surface area contributed by atoms with Crippen LogP contribution in [0.5, 0.6) is 0 Å². The predicted octanol–water partition coefficient (Wildman–Crippen LogP) is 4.56. The highest BCUT2D eigenvalue weighted by Gasteiger charge is 2.93. The van der Waals surface area contributed by atoms with Crippen LogP contribution in [0.4, 0.5) is 65.9 Å². The van der Waals surface area contributed by atoms with Gasteiger partial charge in [-0.15, -0.1) is 11.8 Å². The molecule has 0 rings (SSSR count). The van der Waals surface area contributed by atoms with Crippen molar-refractivity contribution < 1.29 is 85.7 Å². The summed E-state index contributed by atoms with van der Waals surface area (Å²) in [5, 5.41) is 19.0. The fraction of sp³-hybridized carbons (Fsp3) is 0.733. The second-order valence-corrected chi connectivity index (χ2v) is 7.66. The standard InChI is InChI=1S/C15H12F15NO4S/c1-5(33)31-6(8(34)35)4-36-7(2-3-32)9(16,17)10(18,19)11(20,21)12(22,23)13(24,25)14(26,27)15(28,29)30/h2,6,32H,3-4H2,1H3,(H,31,33)(H,34,35)/b7-2+/t6-/m0/s1. The number of carboxylic acids is 1. The van der Waals surface area contributed by atoms with Gasteiger partial charge in [-0.3, -0.25) is 4.79 Å². The van der Waals surface area contributed by atoms with Crippen molar-refractivity contribution in [2.24, 2.45) is 0 Å². The molecule has 0 radical (unpaired) electrons. The molecule has 0 aromatic heterocycles. The molecule has 36 heavy (non-hydrogen) atoms. The van der Waals surface area contributed by atoms with Gasteiger partial charge in [-0.25, -0.2) is 4.79 Å². The van der Waals surface area contributed by atoms with Gasteiger partial charge in [0.2, 0.25) is 5.91 Å². The summed E-state index contributed by atoms with van der Waals surface area (Å²) >= 11 is -0.916. The molecule has 0 heterocycles. The first-order chi connectivity index (χ1) is 15.7. The van der Waals surface area contributed by atoms with Gasteiger partial charge in [0.1, 0.15) is 6.04 Å². The van der Waals surface area contributed by atoms with E-state index >= 15 is 0 Å². The van der Waals surface area contributed by atoms with E-state index < -0.39 is 94.7 Å². The number of amides is 1. The lowest BCUT2D eigenvalue weighted by molar-refractivity contribution is -0.449. The predicted molar refractivity (Wildman–Crippen MR) is 88.6 cm³/mol. The summed E-state index contributed by atoms with van der Waals surface area (Å²) in [6.07, 6.45) is -8.26. The molecule has 0 unspecified atom stereocenters. The Bertz CT molecular complexity index is 856. The van der Waals surface area contributed by atoms with Crippen LogP contribution in [-0.2, 0) is 9.59 Å². The lowest BCUT2D eigenvalue weighted by atomic mass is 9.91. The van der Waals surface area contributed by atoms with E-state index in [1.165, 1.54) is 5.32 Å². The first-order valence-corrected chi connectivity index (χ1v) is 9.44. The average Bonchev–Trinajstić information content (AvgIpc) is 2.67. The summed E-state index contributed by atoms with van der Waals surface area (Å²) in [7, 11) is 0. The zero-order valence-electron chi connectivity index (χ0n) is 16.9. The number of thioether (sulfide) groups is 1. The number of rotatable bonds is 12. The second-order valence-electron chi connectivity index (χ2n) is 6.60. The van der Waals surface area contributed by atoms with Gasteiger partial charge in [0.25, 0.3) is 0 Å². The minimum Gasteiger partial charge on any atom is -0.480 e. The molecule has 0 spiro atoms. The summed E-state index contributed by atoms with van der Waals surface area (Å²) in [5.74, 6) is -52.7. The minimum absolute atomic E-state index is 0.526. The maximum atomic E-state index is 14.3. The minimum atomic E-state index is -8.49. The zero-order chi connectivity index (χ0) is 29.3. The van der Waals surface area contributed by atoms with Crippen molar-refractivity contribution >= 4 is 23.6 Å². The quantitative estimate of drug-likeness (QED) is 0.292. The van der Waals surface area contributed by atoms with Crippen molar-refractivity contribution in [1.29, 1.82) is 0 Å². The van der Waals surface area contributed by atoms with Crippen molar-refractivity contribution in [3.05, 3.63) is 11.0 Å². The average molecular weight is 587 g/mol. The second kappa shape index (κ2) is 10.4. The maximum absolute atomic E-state index is 14.3. The topological polar surface area (TPSA) is 86.6 Å². The van der Waals surface area contributed by atoms with Gasteiger partial charge < -0.3 is 15.5 Å². The molecule has 0 aliphatic rings. The first-order valence-electron chi connectivity index (χ1n) is 8.46. The summed E-state index contributed by atoms with van der Waals surface area (Å²) in [6.45, 7) is -1.14.